The number of anilines is 1. The summed E-state index contributed by atoms with van der Waals surface area (Å²) in [6.07, 6.45) is 5.78. The lowest BCUT2D eigenvalue weighted by molar-refractivity contribution is 0.187. The topological polar surface area (TPSA) is 85.1 Å². The highest BCUT2D eigenvalue weighted by atomic mass is 16.5. The molecule has 3 aromatic rings. The number of benzene rings is 1. The number of aliphatic hydroxyl groups is 1. The molecule has 0 amide bonds. The lowest BCUT2D eigenvalue weighted by Crippen LogP contribution is -2.15. The Morgan fingerprint density at radius 3 is 2.81 bits per heavy atom. The van der Waals surface area contributed by atoms with Crippen LogP contribution in [0.25, 0.3) is 11.0 Å². The highest BCUT2D eigenvalue weighted by Crippen LogP contribution is 2.34. The predicted octanol–water partition coefficient (Wildman–Crippen LogP) is 3.18. The summed E-state index contributed by atoms with van der Waals surface area (Å²) in [4.78, 5) is 9.54. The zero-order chi connectivity index (χ0) is 18.8. The summed E-state index contributed by atoms with van der Waals surface area (Å²) in [5, 5.41) is 19.1. The zero-order valence-electron chi connectivity index (χ0n) is 15.7. The number of methoxy groups -OCH3 is 1. The number of fused-ring (bicyclic) bond motifs is 1. The van der Waals surface area contributed by atoms with Gasteiger partial charge in [0.15, 0.2) is 5.65 Å². The van der Waals surface area contributed by atoms with Crippen LogP contribution in [0.4, 0.5) is 5.82 Å². The third kappa shape index (κ3) is 3.47. The standard InChI is InChI=1S/C20H25N5O2/c1-25-20-15(11-22-25)19(23-18(24-20)13-7-3-4-8-13)21-12-16(26)14-9-5-6-10-17(14)27-2/h5-6,9-11,13,16,26H,3-4,7-8,12H2,1-2H3,(H,21,23,24)/t16-/m1/s1. The summed E-state index contributed by atoms with van der Waals surface area (Å²) in [7, 11) is 3.50. The van der Waals surface area contributed by atoms with E-state index < -0.39 is 6.10 Å². The molecule has 4 rings (SSSR count). The van der Waals surface area contributed by atoms with E-state index in [9.17, 15) is 5.11 Å². The zero-order valence-corrected chi connectivity index (χ0v) is 15.7. The number of nitrogens with zero attached hydrogens (tertiary/aromatic N) is 4. The summed E-state index contributed by atoms with van der Waals surface area (Å²) >= 11 is 0. The molecule has 142 valence electrons. The molecule has 0 bridgehead atoms. The molecule has 2 N–H and O–H groups in total. The molecule has 1 saturated carbocycles. The first-order valence-electron chi connectivity index (χ1n) is 9.42. The van der Waals surface area contributed by atoms with Crippen LogP contribution in [0.15, 0.2) is 30.5 Å². The number of hydrogen-bond acceptors (Lipinski definition) is 6. The summed E-state index contributed by atoms with van der Waals surface area (Å²) in [5.41, 5.74) is 1.57. The van der Waals surface area contributed by atoms with Crippen LogP contribution >= 0.6 is 0 Å². The van der Waals surface area contributed by atoms with Crippen molar-refractivity contribution in [3.05, 3.63) is 41.9 Å². The minimum atomic E-state index is -0.710. The van der Waals surface area contributed by atoms with E-state index in [0.29, 0.717) is 18.2 Å². The highest BCUT2D eigenvalue weighted by Gasteiger charge is 2.23. The van der Waals surface area contributed by atoms with Crippen molar-refractivity contribution in [3.8, 4) is 5.75 Å². The molecule has 1 aliphatic carbocycles. The number of aliphatic hydroxyl groups excluding tert-OH is 1. The van der Waals surface area contributed by atoms with Crippen molar-refractivity contribution in [3.63, 3.8) is 0 Å². The summed E-state index contributed by atoms with van der Waals surface area (Å²) in [6, 6.07) is 7.50. The molecule has 1 fully saturated rings. The first-order chi connectivity index (χ1) is 13.2. The lowest BCUT2D eigenvalue weighted by atomic mass is 10.1. The maximum Gasteiger partial charge on any atom is 0.163 e. The van der Waals surface area contributed by atoms with Crippen molar-refractivity contribution >= 4 is 16.9 Å². The van der Waals surface area contributed by atoms with E-state index in [-0.39, 0.29) is 0 Å². The van der Waals surface area contributed by atoms with Crippen molar-refractivity contribution < 1.29 is 9.84 Å². The van der Waals surface area contributed by atoms with E-state index in [1.807, 2.05) is 31.3 Å². The second-order valence-electron chi connectivity index (χ2n) is 7.06. The molecule has 1 aliphatic rings. The van der Waals surface area contributed by atoms with Crippen molar-refractivity contribution in [2.45, 2.75) is 37.7 Å². The molecule has 0 saturated heterocycles. The van der Waals surface area contributed by atoms with Crippen LogP contribution in [0, 0.1) is 0 Å². The average molecular weight is 367 g/mol. The first-order valence-corrected chi connectivity index (χ1v) is 9.42. The maximum absolute atomic E-state index is 10.6. The van der Waals surface area contributed by atoms with Gasteiger partial charge in [-0.05, 0) is 18.9 Å². The van der Waals surface area contributed by atoms with E-state index >= 15 is 0 Å². The molecule has 7 heteroatoms. The first kappa shape index (κ1) is 17.7. The van der Waals surface area contributed by atoms with E-state index in [1.54, 1.807) is 18.0 Å². The maximum atomic E-state index is 10.6. The third-order valence-electron chi connectivity index (χ3n) is 5.29. The molecule has 0 aliphatic heterocycles. The molecule has 0 unspecified atom stereocenters. The van der Waals surface area contributed by atoms with E-state index in [4.69, 9.17) is 14.7 Å². The highest BCUT2D eigenvalue weighted by molar-refractivity contribution is 5.86. The van der Waals surface area contributed by atoms with Crippen LogP contribution < -0.4 is 10.1 Å². The molecular weight excluding hydrogens is 342 g/mol. The van der Waals surface area contributed by atoms with Crippen molar-refractivity contribution in [1.82, 2.24) is 19.7 Å². The van der Waals surface area contributed by atoms with Gasteiger partial charge in [-0.25, -0.2) is 9.97 Å². The molecule has 2 aromatic heterocycles. The minimum absolute atomic E-state index is 0.325. The second-order valence-corrected chi connectivity index (χ2v) is 7.06. The van der Waals surface area contributed by atoms with Crippen molar-refractivity contribution in [1.29, 1.82) is 0 Å². The van der Waals surface area contributed by atoms with Gasteiger partial charge in [0, 0.05) is 25.1 Å². The molecular formula is C20H25N5O2. The van der Waals surface area contributed by atoms with Gasteiger partial charge >= 0.3 is 0 Å². The summed E-state index contributed by atoms with van der Waals surface area (Å²) in [6.45, 7) is 0.325. The quantitative estimate of drug-likeness (QED) is 0.696. The van der Waals surface area contributed by atoms with Gasteiger partial charge in [0.05, 0.1) is 24.8 Å². The van der Waals surface area contributed by atoms with Crippen LogP contribution in [0.5, 0.6) is 5.75 Å². The van der Waals surface area contributed by atoms with Gasteiger partial charge < -0.3 is 15.2 Å². The van der Waals surface area contributed by atoms with Gasteiger partial charge in [-0.15, -0.1) is 0 Å². The van der Waals surface area contributed by atoms with Crippen molar-refractivity contribution in [2.75, 3.05) is 19.0 Å². The number of nitrogens with one attached hydrogen (secondary N) is 1. The van der Waals surface area contributed by atoms with Gasteiger partial charge in [0.1, 0.15) is 17.4 Å². The van der Waals surface area contributed by atoms with Crippen LogP contribution in [0.1, 0.15) is 49.1 Å². The monoisotopic (exact) mass is 367 g/mol. The third-order valence-corrected chi connectivity index (χ3v) is 5.29. The lowest BCUT2D eigenvalue weighted by Gasteiger charge is -2.17. The minimum Gasteiger partial charge on any atom is -0.496 e. The van der Waals surface area contributed by atoms with E-state index in [2.05, 4.69) is 10.4 Å². The Kier molecular flexibility index (Phi) is 4.94. The second kappa shape index (κ2) is 7.52. The number of hydrogen-bond donors (Lipinski definition) is 2. The van der Waals surface area contributed by atoms with Crippen LogP contribution in [0.3, 0.4) is 0 Å². The average Bonchev–Trinajstić information content (AvgIpc) is 3.36. The largest absolute Gasteiger partial charge is 0.496 e. The smallest absolute Gasteiger partial charge is 0.163 e. The van der Waals surface area contributed by atoms with Crippen molar-refractivity contribution in [2.24, 2.45) is 7.05 Å². The van der Waals surface area contributed by atoms with Crippen LogP contribution in [0.2, 0.25) is 0 Å². The fourth-order valence-electron chi connectivity index (χ4n) is 3.79. The molecule has 2 heterocycles. The van der Waals surface area contributed by atoms with Gasteiger partial charge in [0.2, 0.25) is 0 Å². The van der Waals surface area contributed by atoms with Crippen LogP contribution in [-0.2, 0) is 7.05 Å². The molecule has 1 atom stereocenters. The summed E-state index contributed by atoms with van der Waals surface area (Å²) < 4.78 is 7.13. The predicted molar refractivity (Wildman–Crippen MR) is 104 cm³/mol. The molecule has 0 radical (unpaired) electrons. The summed E-state index contributed by atoms with van der Waals surface area (Å²) in [5.74, 6) is 2.68. The van der Waals surface area contributed by atoms with E-state index in [1.165, 1.54) is 12.8 Å². The number of aryl methyl sites for hydroxylation is 1. The van der Waals surface area contributed by atoms with Gasteiger partial charge in [-0.2, -0.15) is 5.10 Å². The normalized spacial score (nSPS) is 16.0. The van der Waals surface area contributed by atoms with Gasteiger partial charge in [0.25, 0.3) is 0 Å². The Morgan fingerprint density at radius 1 is 1.26 bits per heavy atom. The number of ether oxygens (including phenoxy) is 1. The SMILES string of the molecule is COc1ccccc1[C@H](O)CNc1nc(C2CCCC2)nc2c1cnn2C. The Balaban J connectivity index is 1.61. The fourth-order valence-corrected chi connectivity index (χ4v) is 3.79. The number of rotatable bonds is 6. The Morgan fingerprint density at radius 2 is 2.04 bits per heavy atom. The molecule has 7 nitrogen and oxygen atoms in total. The van der Waals surface area contributed by atoms with E-state index in [0.717, 1.165) is 41.1 Å². The van der Waals surface area contributed by atoms with Crippen LogP contribution in [-0.4, -0.2) is 38.5 Å². The molecule has 1 aromatic carbocycles. The molecule has 0 spiro atoms. The van der Waals surface area contributed by atoms with Gasteiger partial charge in [-0.3, -0.25) is 4.68 Å². The number of aromatic nitrogens is 4. The Labute approximate surface area is 158 Å². The Bertz CT molecular complexity index is 933. The number of para-hydroxylation sites is 1. The fraction of sp³-hybridized carbons (Fsp3) is 0.450. The Hall–Kier alpha value is -2.67. The van der Waals surface area contributed by atoms with Gasteiger partial charge in [-0.1, -0.05) is 31.0 Å². The molecule has 27 heavy (non-hydrogen) atoms.